The van der Waals surface area contributed by atoms with Crippen molar-refractivity contribution < 1.29 is 23.4 Å². The average Bonchev–Trinajstić information content (AvgIpc) is 2.97. The minimum Gasteiger partial charge on any atom is -0.508 e. The molecule has 1 aromatic heterocycles. The number of fused-ring (bicyclic) bond motifs is 1. The molecule has 0 aliphatic rings. The van der Waals surface area contributed by atoms with Gasteiger partial charge in [-0.1, -0.05) is 6.07 Å². The highest BCUT2D eigenvalue weighted by atomic mass is 32.1. The van der Waals surface area contributed by atoms with Crippen LogP contribution in [0.15, 0.2) is 24.3 Å². The number of aromatic hydroxyl groups is 1. The number of esters is 1. The van der Waals surface area contributed by atoms with Gasteiger partial charge in [0.1, 0.15) is 27.9 Å². The number of phenols is 1. The van der Waals surface area contributed by atoms with Crippen molar-refractivity contribution in [2.45, 2.75) is 13.0 Å². The number of nitrogens with two attached hydrogens (primary N) is 1. The largest absolute Gasteiger partial charge is 0.508 e. The van der Waals surface area contributed by atoms with Crippen molar-refractivity contribution >= 4 is 32.4 Å². The van der Waals surface area contributed by atoms with Gasteiger partial charge in [-0.25, -0.2) is 13.6 Å². The fraction of sp³-hybridized carbons (Fsp3) is 0.250. The number of carbonyl (C=O) groups excluding carboxylic acids is 1. The minimum absolute atomic E-state index is 0.0244. The Morgan fingerprint density at radius 2 is 1.96 bits per heavy atom. The standard InChI is InChI=1S/C20H20F2N2O3S/c1-24(2)9-13-15(25)7-11(6-10-4-5-12(21)8-14(10)22)16-17(20(26)27-3)19(23)28-18(13)16/h4-5,7-8,25H,6,9,23H2,1-3H3. The van der Waals surface area contributed by atoms with Gasteiger partial charge in [0.15, 0.2) is 0 Å². The molecule has 0 radical (unpaired) electrons. The van der Waals surface area contributed by atoms with E-state index >= 15 is 0 Å². The van der Waals surface area contributed by atoms with E-state index in [-0.39, 0.29) is 28.3 Å². The van der Waals surface area contributed by atoms with E-state index in [9.17, 15) is 18.7 Å². The Balaban J connectivity index is 2.28. The number of hydrogen-bond acceptors (Lipinski definition) is 6. The van der Waals surface area contributed by atoms with Gasteiger partial charge in [0.05, 0.1) is 7.11 Å². The van der Waals surface area contributed by atoms with Gasteiger partial charge in [0.2, 0.25) is 0 Å². The van der Waals surface area contributed by atoms with Gasteiger partial charge in [-0.15, -0.1) is 11.3 Å². The summed E-state index contributed by atoms with van der Waals surface area (Å²) in [7, 11) is 4.96. The summed E-state index contributed by atoms with van der Waals surface area (Å²) < 4.78 is 32.9. The number of hydrogen-bond donors (Lipinski definition) is 2. The van der Waals surface area contributed by atoms with Gasteiger partial charge in [0.25, 0.3) is 0 Å². The molecule has 0 saturated carbocycles. The van der Waals surface area contributed by atoms with Crippen molar-refractivity contribution in [1.82, 2.24) is 4.90 Å². The Morgan fingerprint density at radius 1 is 1.25 bits per heavy atom. The van der Waals surface area contributed by atoms with E-state index in [1.807, 2.05) is 19.0 Å². The quantitative estimate of drug-likeness (QED) is 0.629. The van der Waals surface area contributed by atoms with Crippen molar-refractivity contribution in [2.24, 2.45) is 0 Å². The van der Waals surface area contributed by atoms with E-state index in [0.29, 0.717) is 27.8 Å². The van der Waals surface area contributed by atoms with E-state index < -0.39 is 17.6 Å². The number of methoxy groups -OCH3 is 1. The highest BCUT2D eigenvalue weighted by molar-refractivity contribution is 7.23. The van der Waals surface area contributed by atoms with Crippen molar-refractivity contribution in [1.29, 1.82) is 0 Å². The number of rotatable bonds is 5. The first-order valence-corrected chi connectivity index (χ1v) is 9.27. The molecule has 0 aliphatic carbocycles. The van der Waals surface area contributed by atoms with Crippen molar-refractivity contribution in [3.8, 4) is 5.75 Å². The highest BCUT2D eigenvalue weighted by Crippen LogP contribution is 2.43. The summed E-state index contributed by atoms with van der Waals surface area (Å²) in [5.41, 5.74) is 7.65. The maximum absolute atomic E-state index is 14.2. The number of carbonyl (C=O) groups is 1. The lowest BCUT2D eigenvalue weighted by atomic mass is 9.96. The predicted octanol–water partition coefficient (Wildman–Crippen LogP) is 3.91. The fourth-order valence-electron chi connectivity index (χ4n) is 3.19. The lowest BCUT2D eigenvalue weighted by Gasteiger charge is -2.15. The van der Waals surface area contributed by atoms with Crippen LogP contribution >= 0.6 is 11.3 Å². The van der Waals surface area contributed by atoms with E-state index in [4.69, 9.17) is 10.5 Å². The molecule has 3 rings (SSSR count). The molecular formula is C20H20F2N2O3S. The molecule has 3 N–H and O–H groups in total. The summed E-state index contributed by atoms with van der Waals surface area (Å²) in [6, 6.07) is 4.81. The second-order valence-corrected chi connectivity index (χ2v) is 7.77. The lowest BCUT2D eigenvalue weighted by molar-refractivity contribution is 0.0604. The van der Waals surface area contributed by atoms with Crippen LogP contribution in [0.5, 0.6) is 5.75 Å². The van der Waals surface area contributed by atoms with Crippen LogP contribution in [0.3, 0.4) is 0 Å². The first-order valence-electron chi connectivity index (χ1n) is 8.45. The molecule has 3 aromatic rings. The third kappa shape index (κ3) is 3.65. The Kier molecular flexibility index (Phi) is 5.53. The second-order valence-electron chi connectivity index (χ2n) is 6.72. The first kappa shape index (κ1) is 20.0. The van der Waals surface area contributed by atoms with E-state index in [1.165, 1.54) is 36.6 Å². The van der Waals surface area contributed by atoms with Gasteiger partial charge in [-0.2, -0.15) is 0 Å². The topological polar surface area (TPSA) is 75.8 Å². The summed E-state index contributed by atoms with van der Waals surface area (Å²) in [5, 5.41) is 11.4. The van der Waals surface area contributed by atoms with Crippen LogP contribution < -0.4 is 5.73 Å². The molecule has 0 aliphatic heterocycles. The monoisotopic (exact) mass is 406 g/mol. The zero-order valence-electron chi connectivity index (χ0n) is 15.7. The summed E-state index contributed by atoms with van der Waals surface area (Å²) >= 11 is 1.17. The van der Waals surface area contributed by atoms with Crippen LogP contribution in [0.25, 0.3) is 10.1 Å². The molecule has 8 heteroatoms. The Hall–Kier alpha value is -2.71. The van der Waals surface area contributed by atoms with Gasteiger partial charge in [0, 0.05) is 34.7 Å². The van der Waals surface area contributed by atoms with Crippen LogP contribution in [0, 0.1) is 11.6 Å². The van der Waals surface area contributed by atoms with Crippen LogP contribution in [0.2, 0.25) is 0 Å². The SMILES string of the molecule is COC(=O)c1c(N)sc2c(CN(C)C)c(O)cc(Cc3ccc(F)cc3F)c12. The molecule has 28 heavy (non-hydrogen) atoms. The van der Waals surface area contributed by atoms with Crippen LogP contribution in [0.4, 0.5) is 13.8 Å². The number of phenolic OH excluding ortho intramolecular Hbond substituents is 1. The number of benzene rings is 2. The van der Waals surface area contributed by atoms with E-state index in [0.717, 1.165) is 6.07 Å². The Labute approximate surface area is 165 Å². The number of anilines is 1. The Morgan fingerprint density at radius 3 is 2.57 bits per heavy atom. The highest BCUT2D eigenvalue weighted by Gasteiger charge is 2.25. The molecule has 0 unspecified atom stereocenters. The maximum atomic E-state index is 14.2. The fourth-order valence-corrected chi connectivity index (χ4v) is 4.33. The Bertz CT molecular complexity index is 1060. The number of thiophene rings is 1. The van der Waals surface area contributed by atoms with Gasteiger partial charge < -0.3 is 20.5 Å². The summed E-state index contributed by atoms with van der Waals surface area (Å²) in [6.07, 6.45) is 0.0542. The van der Waals surface area contributed by atoms with Gasteiger partial charge in [-0.3, -0.25) is 0 Å². The zero-order chi connectivity index (χ0) is 20.6. The third-order valence-electron chi connectivity index (χ3n) is 4.41. The maximum Gasteiger partial charge on any atom is 0.341 e. The van der Waals surface area contributed by atoms with Crippen LogP contribution in [-0.4, -0.2) is 37.2 Å². The van der Waals surface area contributed by atoms with Crippen LogP contribution in [0.1, 0.15) is 27.0 Å². The van der Waals surface area contributed by atoms with Gasteiger partial charge in [-0.05, 0) is 37.4 Å². The number of ether oxygens (including phenoxy) is 1. The number of halogens is 2. The lowest BCUT2D eigenvalue weighted by Crippen LogP contribution is -2.11. The molecule has 0 amide bonds. The average molecular weight is 406 g/mol. The minimum atomic E-state index is -0.701. The van der Waals surface area contributed by atoms with Crippen LogP contribution in [-0.2, 0) is 17.7 Å². The van der Waals surface area contributed by atoms with Crippen molar-refractivity contribution in [3.05, 3.63) is 58.2 Å². The first-order chi connectivity index (χ1) is 13.2. The summed E-state index contributed by atoms with van der Waals surface area (Å²) in [5.74, 6) is -1.96. The molecule has 1 heterocycles. The second kappa shape index (κ2) is 7.73. The molecule has 148 valence electrons. The molecule has 0 bridgehead atoms. The molecule has 0 atom stereocenters. The third-order valence-corrected chi connectivity index (χ3v) is 5.49. The van der Waals surface area contributed by atoms with Gasteiger partial charge >= 0.3 is 5.97 Å². The molecule has 0 spiro atoms. The molecule has 2 aromatic carbocycles. The molecular weight excluding hydrogens is 386 g/mol. The normalized spacial score (nSPS) is 11.4. The predicted molar refractivity (Wildman–Crippen MR) is 106 cm³/mol. The molecule has 0 fully saturated rings. The van der Waals surface area contributed by atoms with Crippen molar-refractivity contribution in [2.75, 3.05) is 26.9 Å². The smallest absolute Gasteiger partial charge is 0.341 e. The molecule has 0 saturated heterocycles. The summed E-state index contributed by atoms with van der Waals surface area (Å²) in [4.78, 5) is 14.2. The number of nitrogens with zero attached hydrogens (tertiary/aromatic N) is 1. The van der Waals surface area contributed by atoms with E-state index in [2.05, 4.69) is 0 Å². The number of nitrogen functional groups attached to an aromatic ring is 1. The zero-order valence-corrected chi connectivity index (χ0v) is 16.5. The molecule has 5 nitrogen and oxygen atoms in total. The summed E-state index contributed by atoms with van der Waals surface area (Å²) in [6.45, 7) is 0.425. The van der Waals surface area contributed by atoms with E-state index in [1.54, 1.807) is 0 Å². The van der Waals surface area contributed by atoms with Crippen molar-refractivity contribution in [3.63, 3.8) is 0 Å².